The molecular formula is C32H74O24Si16. The van der Waals surface area contributed by atoms with Crippen LogP contribution in [0.2, 0.25) is 144 Å². The number of ether oxygens (including phenoxy) is 1. The third kappa shape index (κ3) is 14.3. The Bertz CT molecular complexity index is 2090. The molecule has 8 rings (SSSR count). The van der Waals surface area contributed by atoms with E-state index in [4.69, 9.17) is 91.5 Å². The lowest BCUT2D eigenvalue weighted by Gasteiger charge is -2.60. The van der Waals surface area contributed by atoms with Gasteiger partial charge in [-0.15, -0.1) is 0 Å². The number of carbonyl (C=O) groups excluding carboxylic acids is 2. The molecule has 40 heteroatoms. The number of fused-ring (bicyclic) bond motifs is 1. The maximum Gasteiger partial charge on any atom is 0.653 e. The van der Waals surface area contributed by atoms with Crippen LogP contribution in [0.25, 0.3) is 0 Å². The molecule has 0 N–H and O–H groups in total. The van der Waals surface area contributed by atoms with Crippen LogP contribution in [0.15, 0.2) is 18.2 Å². The summed E-state index contributed by atoms with van der Waals surface area (Å²) in [7, 11) is -67.6. The fourth-order valence-electron chi connectivity index (χ4n) is 7.52. The van der Waals surface area contributed by atoms with Crippen molar-refractivity contribution in [3.63, 3.8) is 0 Å². The summed E-state index contributed by atoms with van der Waals surface area (Å²) in [5.74, 6) is -1.65. The van der Waals surface area contributed by atoms with Crippen LogP contribution < -0.4 is 5.19 Å². The minimum absolute atomic E-state index is 0.00739. The minimum Gasteiger partial charge on any atom is -0.396 e. The second-order valence-corrected chi connectivity index (χ2v) is 81.3. The highest BCUT2D eigenvalue weighted by Crippen LogP contribution is 2.53. The molecule has 1 atom stereocenters. The summed E-state index contributed by atoms with van der Waals surface area (Å²) in [5.41, 5.74) is 0.0529. The Kier molecular flexibility index (Phi) is 16.0. The fourth-order valence-corrected chi connectivity index (χ4v) is 73.3. The smallest absolute Gasteiger partial charge is 0.396 e. The van der Waals surface area contributed by atoms with Gasteiger partial charge in [-0.3, -0.25) is 0 Å². The van der Waals surface area contributed by atoms with E-state index in [0.29, 0.717) is 5.19 Å². The van der Waals surface area contributed by atoms with E-state index >= 15 is 0 Å². The highest BCUT2D eigenvalue weighted by atomic mass is 28.7. The zero-order chi connectivity index (χ0) is 54.3. The Balaban J connectivity index is 1.68. The van der Waals surface area contributed by atoms with Gasteiger partial charge in [-0.05, 0) is 168 Å². The van der Waals surface area contributed by atoms with Gasteiger partial charge in [0.05, 0.1) is 11.1 Å². The van der Waals surface area contributed by atoms with Crippen LogP contribution in [0.1, 0.15) is 27.6 Å². The summed E-state index contributed by atoms with van der Waals surface area (Å²) in [6.45, 7) is 43.4. The first-order valence-electron chi connectivity index (χ1n) is 23.7. The van der Waals surface area contributed by atoms with Crippen molar-refractivity contribution in [1.82, 2.24) is 0 Å². The summed E-state index contributed by atoms with van der Waals surface area (Å²) in [6, 6.07) is 4.54. The molecule has 7 aliphatic rings. The Hall–Kier alpha value is 0.990. The monoisotopic (exact) mass is 1290 g/mol. The molecule has 8 bridgehead atoms. The zero-order valence-electron chi connectivity index (χ0n) is 45.7. The fraction of sp³-hybridized carbons (Fsp3) is 0.750. The van der Waals surface area contributed by atoms with Crippen LogP contribution in [0, 0.1) is 0 Å². The highest BCUT2D eigenvalue weighted by molar-refractivity contribution is 7.04. The Morgan fingerprint density at radius 1 is 0.347 bits per heavy atom. The molecule has 0 aliphatic carbocycles. The SMILES string of the molecule is CCO[Si](C)(O[Si]12O[Si]3(O[Si](C)(C)C)O[Si]4(O[Si](C)(C)C)O[Si]5(O[Si](C)(C)C)O[Si](O[Si](C)(C)C)(O3)O[Si](O[Si](C)(C)C)(O[Si](O[Si](C)(C)C)(O5)O[Si](O[Si](C)(C)C)(O4)O1)O2)c1ccc2c(c1)C(=O)OC2=O. The largest absolute Gasteiger partial charge is 0.653 e. The van der Waals surface area contributed by atoms with Gasteiger partial charge in [-0.1, -0.05) is 6.07 Å². The van der Waals surface area contributed by atoms with Crippen molar-refractivity contribution in [2.75, 3.05) is 6.61 Å². The molecular weight excluding hydrogens is 1220 g/mol. The number of esters is 2. The number of hydrogen-bond acceptors (Lipinski definition) is 24. The van der Waals surface area contributed by atoms with Crippen molar-refractivity contribution >= 4 is 156 Å². The van der Waals surface area contributed by atoms with E-state index in [9.17, 15) is 9.59 Å². The predicted octanol–water partition coefficient (Wildman–Crippen LogP) is 6.04. The van der Waals surface area contributed by atoms with E-state index in [2.05, 4.69) is 0 Å². The normalized spacial score (nSPS) is 36.3. The first-order chi connectivity index (χ1) is 32.1. The summed E-state index contributed by atoms with van der Waals surface area (Å²) in [6.07, 6.45) is 0. The second kappa shape index (κ2) is 19.1. The van der Waals surface area contributed by atoms with Crippen molar-refractivity contribution in [3.8, 4) is 0 Å². The molecule has 0 amide bonds. The first kappa shape index (κ1) is 60.6. The third-order valence-corrected chi connectivity index (χ3v) is 61.8. The van der Waals surface area contributed by atoms with Gasteiger partial charge in [0.15, 0.2) is 58.2 Å². The van der Waals surface area contributed by atoms with E-state index in [1.165, 1.54) is 12.1 Å². The van der Waals surface area contributed by atoms with Crippen molar-refractivity contribution in [3.05, 3.63) is 29.3 Å². The number of rotatable bonds is 19. The van der Waals surface area contributed by atoms with Crippen LogP contribution in [0.5, 0.6) is 0 Å². The summed E-state index contributed by atoms with van der Waals surface area (Å²) in [4.78, 5) is 25.9. The van der Waals surface area contributed by atoms with Crippen LogP contribution in [0.4, 0.5) is 0 Å². The van der Waals surface area contributed by atoms with Gasteiger partial charge in [-0.25, -0.2) is 9.59 Å². The third-order valence-electron chi connectivity index (χ3n) is 8.93. The van der Waals surface area contributed by atoms with Crippen LogP contribution in [0.3, 0.4) is 0 Å². The van der Waals surface area contributed by atoms with Crippen LogP contribution in [-0.4, -0.2) is 158 Å². The molecule has 24 nitrogen and oxygen atoms in total. The molecule has 7 heterocycles. The van der Waals surface area contributed by atoms with Crippen molar-refractivity contribution in [2.24, 2.45) is 0 Å². The van der Waals surface area contributed by atoms with Gasteiger partial charge in [0, 0.05) is 6.61 Å². The number of cyclic esters (lactones) is 2. The van der Waals surface area contributed by atoms with E-state index in [0.717, 1.165) is 0 Å². The summed E-state index contributed by atoms with van der Waals surface area (Å²) in [5, 5.41) is 0.327. The molecule has 6 saturated heterocycles. The predicted molar refractivity (Wildman–Crippen MR) is 290 cm³/mol. The van der Waals surface area contributed by atoms with Gasteiger partial charge in [-0.2, -0.15) is 0 Å². The van der Waals surface area contributed by atoms with Gasteiger partial charge in [0.1, 0.15) is 0 Å². The lowest BCUT2D eigenvalue weighted by molar-refractivity contribution is -0.130. The molecule has 1 unspecified atom stereocenters. The molecule has 1 aromatic carbocycles. The minimum atomic E-state index is -5.58. The van der Waals surface area contributed by atoms with E-state index in [-0.39, 0.29) is 17.7 Å². The number of benzene rings is 1. The maximum absolute atomic E-state index is 13.2. The summed E-state index contributed by atoms with van der Waals surface area (Å²) >= 11 is 0. The first-order valence-corrected chi connectivity index (χ1v) is 62.9. The lowest BCUT2D eigenvalue weighted by atomic mass is 10.1. The van der Waals surface area contributed by atoms with Gasteiger partial charge in [0.2, 0.25) is 0 Å². The standard InChI is InChI=1S/C32H74O24Si16/c1-24-35-64(23,28-25-26-29-30(27-28)32(34)36-31(29)33)44-72-54-69(41-61(14,15)16)48-66(38-58(5,6)7)45-65(37-57(2,3)4)46-67(50-69,39-59(8,9)10)52-71(56-72,43-63(20,21)22)53-68(47-65,40-60(11,12)13)51-70(49-66,55-72)42-62(17,18)19/h25-27H,24H2,1-23H3. The molecule has 1 aromatic rings. The zero-order valence-corrected chi connectivity index (χ0v) is 61.7. The van der Waals surface area contributed by atoms with E-state index in [1.807, 2.05) is 137 Å². The molecule has 0 radical (unpaired) electrons. The Morgan fingerprint density at radius 3 is 0.792 bits per heavy atom. The van der Waals surface area contributed by atoms with Crippen molar-refractivity contribution < 1.29 is 101 Å². The van der Waals surface area contributed by atoms with Crippen molar-refractivity contribution in [1.29, 1.82) is 0 Å². The average molecular weight is 1290 g/mol. The van der Waals surface area contributed by atoms with Crippen LogP contribution in [-0.2, 0) is 91.5 Å². The second-order valence-electron chi connectivity index (χ2n) is 24.6. The van der Waals surface area contributed by atoms with Gasteiger partial charge >= 0.3 is 92.9 Å². The molecule has 410 valence electrons. The molecule has 72 heavy (non-hydrogen) atoms. The Labute approximate surface area is 441 Å². The Morgan fingerprint density at radius 2 is 0.569 bits per heavy atom. The average Bonchev–Trinajstić information content (AvgIpc) is 3.30. The molecule has 7 aliphatic heterocycles. The molecule has 0 spiro atoms. The topological polar surface area (TPSA) is 237 Å². The van der Waals surface area contributed by atoms with E-state index in [1.54, 1.807) is 19.5 Å². The quantitative estimate of drug-likeness (QED) is 0.0871. The maximum atomic E-state index is 13.2. The van der Waals surface area contributed by atoms with Crippen LogP contribution >= 0.6 is 0 Å². The summed E-state index contributed by atoms with van der Waals surface area (Å²) < 4.78 is 159. The molecule has 6 fully saturated rings. The van der Waals surface area contributed by atoms with E-state index < -0.39 is 151 Å². The molecule has 0 aromatic heterocycles. The van der Waals surface area contributed by atoms with Gasteiger partial charge < -0.3 is 91.5 Å². The highest BCUT2D eigenvalue weighted by Gasteiger charge is 2.92. The molecule has 0 saturated carbocycles. The number of hydrogen-bond donors (Lipinski definition) is 0. The van der Waals surface area contributed by atoms with Crippen molar-refractivity contribution in [2.45, 2.75) is 151 Å². The van der Waals surface area contributed by atoms with Gasteiger partial charge in [0.25, 0.3) is 0 Å². The lowest BCUT2D eigenvalue weighted by Crippen LogP contribution is -2.93. The number of carbonyl (C=O) groups is 2.